The number of hydrogen-bond donors (Lipinski definition) is 0. The molecule has 3 nitrogen and oxygen atoms in total. The van der Waals surface area contributed by atoms with Gasteiger partial charge in [0.25, 0.3) is 11.8 Å². The Morgan fingerprint density at radius 1 is 0.652 bits per heavy atom. The molecule has 0 atom stereocenters. The minimum atomic E-state index is -2.26. The van der Waals surface area contributed by atoms with E-state index in [-0.39, 0.29) is 4.90 Å². The number of fused-ring (bicyclic) bond motifs is 1. The highest BCUT2D eigenvalue weighted by molar-refractivity contribution is 6.34. The topological polar surface area (TPSA) is 37.4 Å². The fourth-order valence-corrected chi connectivity index (χ4v) is 2.21. The molecule has 2 aromatic rings. The Kier molecular flexibility index (Phi) is 3.17. The SMILES string of the molecule is O=C1c2c(F)c(F)c(F)c(F)c2C(=O)N1c1ccc(F)c(F)c1. The van der Waals surface area contributed by atoms with Crippen LogP contribution in [0.3, 0.4) is 0 Å². The molecule has 23 heavy (non-hydrogen) atoms. The van der Waals surface area contributed by atoms with Crippen molar-refractivity contribution >= 4 is 17.5 Å². The van der Waals surface area contributed by atoms with Crippen molar-refractivity contribution in [2.24, 2.45) is 0 Å². The van der Waals surface area contributed by atoms with Crippen LogP contribution in [0.25, 0.3) is 0 Å². The molecule has 0 radical (unpaired) electrons. The lowest BCUT2D eigenvalue weighted by Gasteiger charge is -2.13. The number of carbonyl (C=O) groups excluding carboxylic acids is 2. The zero-order chi connectivity index (χ0) is 17.0. The van der Waals surface area contributed by atoms with Crippen LogP contribution in [0.4, 0.5) is 32.0 Å². The maximum absolute atomic E-state index is 13.7. The molecule has 1 heterocycles. The van der Waals surface area contributed by atoms with Gasteiger partial charge in [0.05, 0.1) is 16.8 Å². The first kappa shape index (κ1) is 15.1. The van der Waals surface area contributed by atoms with Gasteiger partial charge in [0.15, 0.2) is 34.9 Å². The first-order valence-electron chi connectivity index (χ1n) is 5.95. The lowest BCUT2D eigenvalue weighted by Crippen LogP contribution is -2.29. The largest absolute Gasteiger partial charge is 0.269 e. The fourth-order valence-electron chi connectivity index (χ4n) is 2.21. The fraction of sp³-hybridized carbons (Fsp3) is 0. The predicted octanol–water partition coefficient (Wildman–Crippen LogP) is 3.32. The van der Waals surface area contributed by atoms with E-state index in [0.29, 0.717) is 12.1 Å². The molecule has 2 amide bonds. The molecule has 0 saturated heterocycles. The van der Waals surface area contributed by atoms with E-state index in [1.165, 1.54) is 0 Å². The predicted molar refractivity (Wildman–Crippen MR) is 63.8 cm³/mol. The van der Waals surface area contributed by atoms with Crippen LogP contribution in [-0.2, 0) is 0 Å². The number of benzene rings is 2. The van der Waals surface area contributed by atoms with Gasteiger partial charge < -0.3 is 0 Å². The molecule has 0 fully saturated rings. The van der Waals surface area contributed by atoms with Gasteiger partial charge in [0.1, 0.15) is 0 Å². The summed E-state index contributed by atoms with van der Waals surface area (Å²) >= 11 is 0. The van der Waals surface area contributed by atoms with Crippen molar-refractivity contribution in [3.63, 3.8) is 0 Å². The van der Waals surface area contributed by atoms with Crippen LogP contribution in [0.1, 0.15) is 20.7 Å². The Morgan fingerprint density at radius 2 is 1.13 bits per heavy atom. The summed E-state index contributed by atoms with van der Waals surface area (Å²) in [6, 6.07) is 1.80. The molecule has 9 heteroatoms. The lowest BCUT2D eigenvalue weighted by molar-refractivity contribution is 0.0924. The van der Waals surface area contributed by atoms with Crippen molar-refractivity contribution in [3.8, 4) is 0 Å². The standard InChI is InChI=1S/C14H3F6NO2/c15-5-2-1-4(3-6(5)16)21-13(22)7-8(14(21)23)10(18)12(20)11(19)9(7)17/h1-3H. The second kappa shape index (κ2) is 4.83. The summed E-state index contributed by atoms with van der Waals surface area (Å²) in [7, 11) is 0. The van der Waals surface area contributed by atoms with Crippen LogP contribution in [0.15, 0.2) is 18.2 Å². The first-order chi connectivity index (χ1) is 10.8. The van der Waals surface area contributed by atoms with Gasteiger partial charge in [0.2, 0.25) is 0 Å². The summed E-state index contributed by atoms with van der Waals surface area (Å²) in [4.78, 5) is 24.2. The molecule has 0 saturated carbocycles. The van der Waals surface area contributed by atoms with E-state index in [1.54, 1.807) is 0 Å². The van der Waals surface area contributed by atoms with E-state index in [9.17, 15) is 35.9 Å². The number of hydrogen-bond acceptors (Lipinski definition) is 2. The number of rotatable bonds is 1. The smallest absolute Gasteiger partial charge is 0.268 e. The highest BCUT2D eigenvalue weighted by Crippen LogP contribution is 2.34. The average molecular weight is 331 g/mol. The first-order valence-corrected chi connectivity index (χ1v) is 5.95. The molecule has 2 aromatic carbocycles. The van der Waals surface area contributed by atoms with E-state index in [1.807, 2.05) is 0 Å². The molecule has 0 spiro atoms. The summed E-state index contributed by atoms with van der Waals surface area (Å²) in [5, 5.41) is 0. The van der Waals surface area contributed by atoms with Crippen LogP contribution in [0, 0.1) is 34.9 Å². The van der Waals surface area contributed by atoms with Crippen LogP contribution >= 0.6 is 0 Å². The van der Waals surface area contributed by atoms with Crippen molar-refractivity contribution in [2.75, 3.05) is 4.90 Å². The van der Waals surface area contributed by atoms with Gasteiger partial charge >= 0.3 is 0 Å². The van der Waals surface area contributed by atoms with Crippen LogP contribution < -0.4 is 4.90 Å². The van der Waals surface area contributed by atoms with Crippen molar-refractivity contribution in [1.29, 1.82) is 0 Å². The van der Waals surface area contributed by atoms with Crippen LogP contribution in [0.5, 0.6) is 0 Å². The molecule has 1 aliphatic rings. The summed E-state index contributed by atoms with van der Waals surface area (Å²) in [6.45, 7) is 0. The van der Waals surface area contributed by atoms with E-state index in [2.05, 4.69) is 0 Å². The molecular weight excluding hydrogens is 328 g/mol. The number of imide groups is 1. The van der Waals surface area contributed by atoms with Gasteiger partial charge in [-0.25, -0.2) is 31.2 Å². The van der Waals surface area contributed by atoms with Gasteiger partial charge in [-0.05, 0) is 12.1 Å². The third-order valence-electron chi connectivity index (χ3n) is 3.26. The molecule has 0 unspecified atom stereocenters. The van der Waals surface area contributed by atoms with Crippen LogP contribution in [-0.4, -0.2) is 11.8 Å². The van der Waals surface area contributed by atoms with E-state index < -0.39 is 63.5 Å². The van der Waals surface area contributed by atoms with Gasteiger partial charge in [-0.15, -0.1) is 0 Å². The number of halogens is 6. The Balaban J connectivity index is 2.24. The van der Waals surface area contributed by atoms with Crippen molar-refractivity contribution in [2.45, 2.75) is 0 Å². The van der Waals surface area contributed by atoms with Gasteiger partial charge in [-0.2, -0.15) is 0 Å². The van der Waals surface area contributed by atoms with Crippen molar-refractivity contribution in [3.05, 3.63) is 64.2 Å². The van der Waals surface area contributed by atoms with Gasteiger partial charge in [-0.1, -0.05) is 0 Å². The number of carbonyl (C=O) groups is 2. The highest BCUT2D eigenvalue weighted by atomic mass is 19.2. The van der Waals surface area contributed by atoms with E-state index in [4.69, 9.17) is 0 Å². The second-order valence-corrected chi connectivity index (χ2v) is 4.55. The average Bonchev–Trinajstić information content (AvgIpc) is 2.77. The van der Waals surface area contributed by atoms with Gasteiger partial charge in [-0.3, -0.25) is 9.59 Å². The Hall–Kier alpha value is -2.84. The number of anilines is 1. The summed E-state index contributed by atoms with van der Waals surface area (Å²) < 4.78 is 79.9. The quantitative estimate of drug-likeness (QED) is 0.348. The molecule has 118 valence electrons. The third kappa shape index (κ3) is 1.92. The minimum absolute atomic E-state index is 0.0955. The Labute approximate surface area is 123 Å². The maximum Gasteiger partial charge on any atom is 0.269 e. The van der Waals surface area contributed by atoms with Crippen LogP contribution in [0.2, 0.25) is 0 Å². The van der Waals surface area contributed by atoms with Crippen molar-refractivity contribution in [1.82, 2.24) is 0 Å². The van der Waals surface area contributed by atoms with Gasteiger partial charge in [0, 0.05) is 6.07 Å². The Morgan fingerprint density at radius 3 is 1.57 bits per heavy atom. The molecule has 1 aliphatic heterocycles. The zero-order valence-electron chi connectivity index (χ0n) is 10.8. The summed E-state index contributed by atoms with van der Waals surface area (Å²) in [5.74, 6) is -14.4. The van der Waals surface area contributed by atoms with E-state index in [0.717, 1.165) is 6.07 Å². The number of amides is 2. The van der Waals surface area contributed by atoms with E-state index >= 15 is 0 Å². The minimum Gasteiger partial charge on any atom is -0.268 e. The maximum atomic E-state index is 13.7. The lowest BCUT2D eigenvalue weighted by atomic mass is 10.1. The molecular formula is C14H3F6NO2. The molecule has 0 bridgehead atoms. The molecule has 0 aromatic heterocycles. The summed E-state index contributed by atoms with van der Waals surface area (Å²) in [6.07, 6.45) is 0. The molecule has 3 rings (SSSR count). The molecule has 0 aliphatic carbocycles. The Bertz CT molecular complexity index is 849. The zero-order valence-corrected chi connectivity index (χ0v) is 10.8. The summed E-state index contributed by atoms with van der Waals surface area (Å²) in [5.41, 5.74) is -3.16. The van der Waals surface area contributed by atoms with Crippen molar-refractivity contribution < 1.29 is 35.9 Å². The third-order valence-corrected chi connectivity index (χ3v) is 3.26. The normalized spacial score (nSPS) is 13.7. The second-order valence-electron chi connectivity index (χ2n) is 4.55. The monoisotopic (exact) mass is 331 g/mol. The molecule has 0 N–H and O–H groups in total. The highest BCUT2D eigenvalue weighted by Gasteiger charge is 2.44. The number of nitrogens with zero attached hydrogens (tertiary/aromatic N) is 1.